The van der Waals surface area contributed by atoms with Crippen LogP contribution in [0.15, 0.2) is 24.8 Å². The molecule has 4 rings (SSSR count). The summed E-state index contributed by atoms with van der Waals surface area (Å²) in [5, 5.41) is 43.3. The van der Waals surface area contributed by atoms with E-state index in [0.29, 0.717) is 16.9 Å². The van der Waals surface area contributed by atoms with E-state index in [2.05, 4.69) is 24.8 Å². The van der Waals surface area contributed by atoms with Gasteiger partial charge in [-0.05, 0) is 12.1 Å². The Balaban J connectivity index is 1.56. The number of aromatic hydroxyl groups is 2. The number of ether oxygens (including phenoxy) is 2. The molecular weight excluding hydrogens is 477 g/mol. The molecule has 184 valence electrons. The van der Waals surface area contributed by atoms with E-state index in [1.165, 1.54) is 30.4 Å². The molecule has 7 N–H and O–H groups in total. The minimum atomic E-state index is -4.79. The number of phenolic OH excluding ortho intramolecular Hbond substituents is 2. The van der Waals surface area contributed by atoms with E-state index >= 15 is 0 Å². The summed E-state index contributed by atoms with van der Waals surface area (Å²) in [6.07, 6.45) is -2.77. The summed E-state index contributed by atoms with van der Waals surface area (Å²) in [4.78, 5) is 30.3. The van der Waals surface area contributed by atoms with E-state index < -0.39 is 44.7 Å². The van der Waals surface area contributed by atoms with Gasteiger partial charge in [-0.3, -0.25) is 9.09 Å². The van der Waals surface area contributed by atoms with Gasteiger partial charge < -0.3 is 45.0 Å². The second-order valence-electron chi connectivity index (χ2n) is 7.36. The Hall–Kier alpha value is -3.04. The highest BCUT2D eigenvalue weighted by molar-refractivity contribution is 7.46. The minimum absolute atomic E-state index is 0.0864. The number of imidazole rings is 1. The maximum atomic E-state index is 10.9. The number of methoxy groups -OCH3 is 1. The highest BCUT2D eigenvalue weighted by Gasteiger charge is 2.45. The molecule has 15 nitrogen and oxygen atoms in total. The van der Waals surface area contributed by atoms with Gasteiger partial charge in [0.05, 0.1) is 20.0 Å². The van der Waals surface area contributed by atoms with Gasteiger partial charge in [0.25, 0.3) is 0 Å². The first kappa shape index (κ1) is 24.1. The number of aromatic nitrogens is 4. The van der Waals surface area contributed by atoms with E-state index in [0.717, 1.165) is 0 Å². The average molecular weight is 499 g/mol. The molecule has 34 heavy (non-hydrogen) atoms. The van der Waals surface area contributed by atoms with E-state index in [4.69, 9.17) is 19.3 Å². The second-order valence-corrected chi connectivity index (χ2v) is 8.60. The van der Waals surface area contributed by atoms with Gasteiger partial charge in [-0.25, -0.2) is 19.5 Å². The van der Waals surface area contributed by atoms with Crippen molar-refractivity contribution in [3.63, 3.8) is 0 Å². The molecule has 0 aliphatic carbocycles. The van der Waals surface area contributed by atoms with Crippen LogP contribution in [0.1, 0.15) is 11.8 Å². The summed E-state index contributed by atoms with van der Waals surface area (Å²) in [6.45, 7) is -0.506. The number of aliphatic hydroxyl groups excluding tert-OH is 2. The van der Waals surface area contributed by atoms with Crippen molar-refractivity contribution < 1.29 is 48.8 Å². The molecule has 0 radical (unpaired) electrons. The molecule has 1 aliphatic rings. The Morgan fingerprint density at radius 1 is 1.18 bits per heavy atom. The zero-order valence-electron chi connectivity index (χ0n) is 17.6. The van der Waals surface area contributed by atoms with E-state index in [9.17, 15) is 25.0 Å². The fourth-order valence-electron chi connectivity index (χ4n) is 3.58. The van der Waals surface area contributed by atoms with Crippen molar-refractivity contribution in [2.75, 3.05) is 19.0 Å². The van der Waals surface area contributed by atoms with Crippen molar-refractivity contribution in [3.8, 4) is 17.2 Å². The lowest BCUT2D eigenvalue weighted by Crippen LogP contribution is -2.33. The number of phosphoric ester groups is 1. The number of hydrogen-bond acceptors (Lipinski definition) is 12. The van der Waals surface area contributed by atoms with Crippen LogP contribution < -0.4 is 10.1 Å². The van der Waals surface area contributed by atoms with Crippen molar-refractivity contribution in [2.45, 2.75) is 31.1 Å². The lowest BCUT2D eigenvalue weighted by Gasteiger charge is -2.16. The number of nitrogens with zero attached hydrogens (tertiary/aromatic N) is 4. The number of phosphoric acid groups is 1. The van der Waals surface area contributed by atoms with Crippen molar-refractivity contribution in [1.82, 2.24) is 19.5 Å². The first-order chi connectivity index (χ1) is 16.1. The summed E-state index contributed by atoms with van der Waals surface area (Å²) in [7, 11) is -3.45. The third kappa shape index (κ3) is 4.63. The van der Waals surface area contributed by atoms with Crippen LogP contribution >= 0.6 is 7.82 Å². The number of hydrogen-bond donors (Lipinski definition) is 7. The minimum Gasteiger partial charge on any atom is -0.504 e. The summed E-state index contributed by atoms with van der Waals surface area (Å²) in [6, 6.07) is 2.87. The normalized spacial score (nSPS) is 22.9. The van der Waals surface area contributed by atoms with Crippen LogP contribution in [-0.4, -0.2) is 81.8 Å². The molecule has 1 aliphatic heterocycles. The van der Waals surface area contributed by atoms with Gasteiger partial charge >= 0.3 is 7.82 Å². The predicted octanol–water partition coefficient (Wildman–Crippen LogP) is -0.413. The number of nitrogens with one attached hydrogen (secondary N) is 1. The van der Waals surface area contributed by atoms with Gasteiger partial charge in [-0.1, -0.05) is 0 Å². The standard InChI is InChI=1S/C18H22N5O10P/c1-31-15-8(2-3-9(24)12(15)25)4-19-16-11-17(21-6-20-16)23(7-22-11)18-14(27)13(26)10(33-18)5-32-34(28,29)30/h2-3,6-7,10,13-14,18,24-27H,4-5H2,1H3,(H,19,20,21)(H2,28,29,30)/t10-,13-,14-,18-/m1/s1. The van der Waals surface area contributed by atoms with E-state index in [-0.39, 0.29) is 23.7 Å². The third-order valence-corrected chi connectivity index (χ3v) is 5.70. The third-order valence-electron chi connectivity index (χ3n) is 5.22. The number of rotatable bonds is 8. The molecule has 0 bridgehead atoms. The Kier molecular flexibility index (Phi) is 6.60. The first-order valence-electron chi connectivity index (χ1n) is 9.81. The summed E-state index contributed by atoms with van der Waals surface area (Å²) in [5.41, 5.74) is 1.06. The highest BCUT2D eigenvalue weighted by atomic mass is 31.2. The van der Waals surface area contributed by atoms with Crippen LogP contribution in [0, 0.1) is 0 Å². The van der Waals surface area contributed by atoms with Gasteiger partial charge in [-0.2, -0.15) is 0 Å². The Bertz CT molecular complexity index is 1230. The molecule has 1 fully saturated rings. The van der Waals surface area contributed by atoms with Gasteiger partial charge in [0.15, 0.2) is 34.7 Å². The summed E-state index contributed by atoms with van der Waals surface area (Å²) < 4.78 is 27.4. The van der Waals surface area contributed by atoms with Crippen LogP contribution in [0.4, 0.5) is 5.82 Å². The predicted molar refractivity (Wildman–Crippen MR) is 113 cm³/mol. The topological polar surface area (TPSA) is 222 Å². The zero-order chi connectivity index (χ0) is 24.6. The molecule has 0 unspecified atom stereocenters. The average Bonchev–Trinajstić information content (AvgIpc) is 3.34. The SMILES string of the molecule is COc1c(CNc2ncnc3c2ncn3[C@@H]2O[C@H](COP(=O)(O)O)[C@@H](O)[C@H]2O)ccc(O)c1O. The van der Waals surface area contributed by atoms with E-state index in [1.54, 1.807) is 6.07 Å². The number of phenols is 2. The maximum absolute atomic E-state index is 10.9. The van der Waals surface area contributed by atoms with Crippen molar-refractivity contribution in [3.05, 3.63) is 30.4 Å². The zero-order valence-corrected chi connectivity index (χ0v) is 18.5. The van der Waals surface area contributed by atoms with Crippen LogP contribution in [0.3, 0.4) is 0 Å². The van der Waals surface area contributed by atoms with Crippen LogP contribution in [0.25, 0.3) is 11.2 Å². The van der Waals surface area contributed by atoms with Crippen molar-refractivity contribution >= 4 is 24.8 Å². The quantitative estimate of drug-likeness (QED) is 0.155. The van der Waals surface area contributed by atoms with Crippen LogP contribution in [0.2, 0.25) is 0 Å². The Morgan fingerprint density at radius 2 is 1.94 bits per heavy atom. The molecule has 0 amide bonds. The Labute approximate surface area is 191 Å². The van der Waals surface area contributed by atoms with Gasteiger partial charge in [-0.15, -0.1) is 0 Å². The first-order valence-corrected chi connectivity index (χ1v) is 11.3. The smallest absolute Gasteiger partial charge is 0.469 e. The largest absolute Gasteiger partial charge is 0.504 e. The maximum Gasteiger partial charge on any atom is 0.469 e. The molecular formula is C18H22N5O10P. The monoisotopic (exact) mass is 499 g/mol. The van der Waals surface area contributed by atoms with Gasteiger partial charge in [0.1, 0.15) is 24.6 Å². The van der Waals surface area contributed by atoms with Gasteiger partial charge in [0.2, 0.25) is 5.75 Å². The summed E-state index contributed by atoms with van der Waals surface area (Å²) in [5.74, 6) is -0.344. The van der Waals surface area contributed by atoms with E-state index in [1.807, 2.05) is 0 Å². The molecule has 2 aromatic heterocycles. The highest BCUT2D eigenvalue weighted by Crippen LogP contribution is 2.40. The van der Waals surface area contributed by atoms with Crippen molar-refractivity contribution in [1.29, 1.82) is 0 Å². The lowest BCUT2D eigenvalue weighted by molar-refractivity contribution is -0.0504. The van der Waals surface area contributed by atoms with Crippen LogP contribution in [-0.2, 0) is 20.4 Å². The molecule has 0 saturated carbocycles. The van der Waals surface area contributed by atoms with Crippen molar-refractivity contribution in [2.24, 2.45) is 0 Å². The molecule has 1 aromatic carbocycles. The number of benzene rings is 1. The van der Waals surface area contributed by atoms with Crippen LogP contribution in [0.5, 0.6) is 17.2 Å². The fourth-order valence-corrected chi connectivity index (χ4v) is 3.92. The number of aliphatic hydroxyl groups is 2. The number of anilines is 1. The van der Waals surface area contributed by atoms with Gasteiger partial charge in [0, 0.05) is 12.1 Å². The molecule has 16 heteroatoms. The molecule has 3 aromatic rings. The second kappa shape index (κ2) is 9.31. The molecule has 4 atom stereocenters. The molecule has 3 heterocycles. The fraction of sp³-hybridized carbons (Fsp3) is 0.389. The lowest BCUT2D eigenvalue weighted by atomic mass is 10.1. The molecule has 0 spiro atoms. The molecule has 1 saturated heterocycles. The Morgan fingerprint density at radius 3 is 2.65 bits per heavy atom. The summed E-state index contributed by atoms with van der Waals surface area (Å²) >= 11 is 0. The number of fused-ring (bicyclic) bond motifs is 1.